The Morgan fingerprint density at radius 1 is 1.37 bits per heavy atom. The van der Waals surface area contributed by atoms with Crippen LogP contribution in [0.15, 0.2) is 24.3 Å². The number of hydrogen-bond donors (Lipinski definition) is 1. The molecule has 1 aliphatic heterocycles. The van der Waals surface area contributed by atoms with E-state index in [-0.39, 0.29) is 0 Å². The van der Waals surface area contributed by atoms with Gasteiger partial charge in [0.05, 0.1) is 6.61 Å². The molecule has 0 aromatic heterocycles. The molecular weight excluding hydrogens is 234 g/mol. The summed E-state index contributed by atoms with van der Waals surface area (Å²) < 4.78 is 5.71. The van der Waals surface area contributed by atoms with E-state index in [1.807, 2.05) is 0 Å². The van der Waals surface area contributed by atoms with E-state index in [0.717, 1.165) is 19.8 Å². The van der Waals surface area contributed by atoms with Gasteiger partial charge in [0.15, 0.2) is 0 Å². The maximum absolute atomic E-state index is 5.71. The summed E-state index contributed by atoms with van der Waals surface area (Å²) in [7, 11) is 0. The van der Waals surface area contributed by atoms with Gasteiger partial charge in [-0.15, -0.1) is 0 Å². The van der Waals surface area contributed by atoms with Gasteiger partial charge in [0.1, 0.15) is 0 Å². The van der Waals surface area contributed by atoms with E-state index in [0.29, 0.717) is 17.9 Å². The Bertz CT molecular complexity index is 411. The Kier molecular flexibility index (Phi) is 4.19. The van der Waals surface area contributed by atoms with Crippen LogP contribution in [0.3, 0.4) is 0 Å². The lowest BCUT2D eigenvalue weighted by molar-refractivity contribution is 0.0332. The molecule has 0 saturated carbocycles. The van der Waals surface area contributed by atoms with Gasteiger partial charge in [-0.1, -0.05) is 31.2 Å². The van der Waals surface area contributed by atoms with E-state index in [1.54, 1.807) is 11.1 Å². The van der Waals surface area contributed by atoms with E-state index in [9.17, 15) is 0 Å². The molecule has 3 atom stereocenters. The number of hydrogen-bond acceptors (Lipinski definition) is 2. The highest BCUT2D eigenvalue weighted by molar-refractivity contribution is 5.41. The van der Waals surface area contributed by atoms with E-state index in [1.165, 1.54) is 25.7 Å². The number of rotatable bonds is 5. The highest BCUT2D eigenvalue weighted by Crippen LogP contribution is 2.40. The van der Waals surface area contributed by atoms with Gasteiger partial charge < -0.3 is 10.1 Å². The standard InChI is InChI=1S/C17H25NO/c1-2-9-18-17(14-7-5-10-19-12-14)16-11-13-6-3-4-8-15(13)16/h3-4,6,8,14,16-18H,2,5,7,9-12H2,1H3. The van der Waals surface area contributed by atoms with Gasteiger partial charge in [0, 0.05) is 18.6 Å². The zero-order chi connectivity index (χ0) is 13.1. The molecule has 2 aliphatic rings. The lowest BCUT2D eigenvalue weighted by Gasteiger charge is -2.42. The molecule has 1 fully saturated rings. The zero-order valence-corrected chi connectivity index (χ0v) is 11.9. The van der Waals surface area contributed by atoms with Crippen molar-refractivity contribution in [2.45, 2.75) is 44.6 Å². The van der Waals surface area contributed by atoms with Crippen LogP contribution in [0.5, 0.6) is 0 Å². The molecule has 0 bridgehead atoms. The third kappa shape index (κ3) is 2.70. The maximum Gasteiger partial charge on any atom is 0.0509 e. The largest absolute Gasteiger partial charge is 0.381 e. The monoisotopic (exact) mass is 259 g/mol. The fraction of sp³-hybridized carbons (Fsp3) is 0.647. The summed E-state index contributed by atoms with van der Waals surface area (Å²) >= 11 is 0. The summed E-state index contributed by atoms with van der Waals surface area (Å²) in [5.41, 5.74) is 3.12. The first-order valence-electron chi connectivity index (χ1n) is 7.79. The van der Waals surface area contributed by atoms with E-state index < -0.39 is 0 Å². The van der Waals surface area contributed by atoms with Crippen LogP contribution < -0.4 is 5.32 Å². The second kappa shape index (κ2) is 6.06. The molecule has 2 nitrogen and oxygen atoms in total. The van der Waals surface area contributed by atoms with Gasteiger partial charge in [-0.25, -0.2) is 0 Å². The quantitative estimate of drug-likeness (QED) is 0.877. The average Bonchev–Trinajstić information content (AvgIpc) is 2.45. The van der Waals surface area contributed by atoms with Crippen molar-refractivity contribution in [3.63, 3.8) is 0 Å². The van der Waals surface area contributed by atoms with Crippen LogP contribution in [0.2, 0.25) is 0 Å². The molecule has 1 heterocycles. The minimum atomic E-state index is 0.607. The summed E-state index contributed by atoms with van der Waals surface area (Å²) in [6.07, 6.45) is 5.00. The summed E-state index contributed by atoms with van der Waals surface area (Å²) in [5.74, 6) is 1.40. The molecule has 3 unspecified atom stereocenters. The number of fused-ring (bicyclic) bond motifs is 1. The normalized spacial score (nSPS) is 27.4. The molecule has 1 aromatic rings. The van der Waals surface area contributed by atoms with Crippen LogP contribution >= 0.6 is 0 Å². The zero-order valence-electron chi connectivity index (χ0n) is 11.9. The molecule has 1 aliphatic carbocycles. The molecule has 1 aromatic carbocycles. The Balaban J connectivity index is 1.72. The highest BCUT2D eigenvalue weighted by Gasteiger charge is 2.37. The first-order chi connectivity index (χ1) is 9.40. The summed E-state index contributed by atoms with van der Waals surface area (Å²) in [4.78, 5) is 0. The van der Waals surface area contributed by atoms with Crippen molar-refractivity contribution in [2.75, 3.05) is 19.8 Å². The van der Waals surface area contributed by atoms with Crippen molar-refractivity contribution in [2.24, 2.45) is 5.92 Å². The third-order valence-electron chi connectivity index (χ3n) is 4.66. The number of nitrogens with one attached hydrogen (secondary N) is 1. The van der Waals surface area contributed by atoms with Gasteiger partial charge >= 0.3 is 0 Å². The maximum atomic E-state index is 5.71. The van der Waals surface area contributed by atoms with Crippen LogP contribution in [0.25, 0.3) is 0 Å². The van der Waals surface area contributed by atoms with Gasteiger partial charge in [-0.05, 0) is 49.3 Å². The van der Waals surface area contributed by atoms with E-state index in [4.69, 9.17) is 4.74 Å². The molecule has 1 N–H and O–H groups in total. The Morgan fingerprint density at radius 2 is 2.26 bits per heavy atom. The highest BCUT2D eigenvalue weighted by atomic mass is 16.5. The Morgan fingerprint density at radius 3 is 3.00 bits per heavy atom. The molecule has 104 valence electrons. The molecular formula is C17H25NO. The smallest absolute Gasteiger partial charge is 0.0509 e. The number of benzene rings is 1. The minimum Gasteiger partial charge on any atom is -0.381 e. The summed E-state index contributed by atoms with van der Waals surface area (Å²) in [6, 6.07) is 9.54. The fourth-order valence-electron chi connectivity index (χ4n) is 3.62. The summed E-state index contributed by atoms with van der Waals surface area (Å²) in [5, 5.41) is 3.80. The van der Waals surface area contributed by atoms with Gasteiger partial charge in [-0.3, -0.25) is 0 Å². The lowest BCUT2D eigenvalue weighted by atomic mass is 9.69. The fourth-order valence-corrected chi connectivity index (χ4v) is 3.62. The van der Waals surface area contributed by atoms with Gasteiger partial charge in [0.25, 0.3) is 0 Å². The first-order valence-corrected chi connectivity index (χ1v) is 7.79. The van der Waals surface area contributed by atoms with Crippen LogP contribution in [0, 0.1) is 5.92 Å². The predicted molar refractivity (Wildman–Crippen MR) is 78.5 cm³/mol. The second-order valence-electron chi connectivity index (χ2n) is 5.97. The van der Waals surface area contributed by atoms with Crippen molar-refractivity contribution in [3.05, 3.63) is 35.4 Å². The average molecular weight is 259 g/mol. The summed E-state index contributed by atoms with van der Waals surface area (Å²) in [6.45, 7) is 5.27. The van der Waals surface area contributed by atoms with Crippen molar-refractivity contribution >= 4 is 0 Å². The number of ether oxygens (including phenoxy) is 1. The molecule has 3 rings (SSSR count). The van der Waals surface area contributed by atoms with Gasteiger partial charge in [-0.2, -0.15) is 0 Å². The molecule has 0 amide bonds. The van der Waals surface area contributed by atoms with Crippen molar-refractivity contribution < 1.29 is 4.74 Å². The van der Waals surface area contributed by atoms with Crippen LogP contribution in [-0.4, -0.2) is 25.8 Å². The predicted octanol–water partition coefficient (Wildman–Crippen LogP) is 3.12. The molecule has 2 heteroatoms. The Labute approximate surface area is 116 Å². The molecule has 1 saturated heterocycles. The lowest BCUT2D eigenvalue weighted by Crippen LogP contribution is -2.47. The Hall–Kier alpha value is -0.860. The van der Waals surface area contributed by atoms with E-state index in [2.05, 4.69) is 36.5 Å². The molecule has 0 spiro atoms. The topological polar surface area (TPSA) is 21.3 Å². The van der Waals surface area contributed by atoms with Crippen molar-refractivity contribution in [3.8, 4) is 0 Å². The second-order valence-corrected chi connectivity index (χ2v) is 5.97. The minimum absolute atomic E-state index is 0.607. The van der Waals surface area contributed by atoms with Crippen LogP contribution in [0.1, 0.15) is 43.2 Å². The molecule has 0 radical (unpaired) electrons. The van der Waals surface area contributed by atoms with Crippen LogP contribution in [-0.2, 0) is 11.2 Å². The molecule has 19 heavy (non-hydrogen) atoms. The van der Waals surface area contributed by atoms with Crippen molar-refractivity contribution in [1.29, 1.82) is 0 Å². The van der Waals surface area contributed by atoms with E-state index >= 15 is 0 Å². The van der Waals surface area contributed by atoms with Crippen LogP contribution in [0.4, 0.5) is 0 Å². The third-order valence-corrected chi connectivity index (χ3v) is 4.66. The SMILES string of the molecule is CCCNC(C1CCCOC1)C1Cc2ccccc21. The van der Waals surface area contributed by atoms with Crippen molar-refractivity contribution in [1.82, 2.24) is 5.32 Å². The van der Waals surface area contributed by atoms with Gasteiger partial charge in [0.2, 0.25) is 0 Å². The first kappa shape index (κ1) is 13.1.